The predicted octanol–water partition coefficient (Wildman–Crippen LogP) is 4.79. The number of amides is 1. The summed E-state index contributed by atoms with van der Waals surface area (Å²) in [5.41, 5.74) is 5.52. The molecule has 2 aromatic heterocycles. The number of hydrogen-bond donors (Lipinski definition) is 1. The molecule has 2 heterocycles. The standard InChI is InChI=1S/C25H24N4OS/c30-24(14-20-17-31-25(27-20)19-10-5-2-6-11-19)28-22-12-7-13-23-21(22)15-26-29(23)16-18-8-3-1-4-9-18/h1-6,8-11,15,17,22H,7,12-14,16H2,(H,28,30). The Morgan fingerprint density at radius 3 is 2.68 bits per heavy atom. The molecule has 0 aliphatic heterocycles. The minimum atomic E-state index is 0.0126. The number of fused-ring (bicyclic) bond motifs is 1. The summed E-state index contributed by atoms with van der Waals surface area (Å²) in [7, 11) is 0. The van der Waals surface area contributed by atoms with E-state index < -0.39 is 0 Å². The van der Waals surface area contributed by atoms with E-state index in [0.717, 1.165) is 47.6 Å². The van der Waals surface area contributed by atoms with E-state index in [-0.39, 0.29) is 11.9 Å². The maximum atomic E-state index is 12.8. The average Bonchev–Trinajstić information content (AvgIpc) is 3.43. The summed E-state index contributed by atoms with van der Waals surface area (Å²) < 4.78 is 2.08. The van der Waals surface area contributed by atoms with Crippen LogP contribution < -0.4 is 5.32 Å². The number of thiazole rings is 1. The number of hydrogen-bond acceptors (Lipinski definition) is 4. The fourth-order valence-corrected chi connectivity index (χ4v) is 5.00. The van der Waals surface area contributed by atoms with Gasteiger partial charge in [0.15, 0.2) is 0 Å². The Morgan fingerprint density at radius 2 is 1.87 bits per heavy atom. The Balaban J connectivity index is 1.25. The summed E-state index contributed by atoms with van der Waals surface area (Å²) in [5.74, 6) is 0.0126. The summed E-state index contributed by atoms with van der Waals surface area (Å²) in [6.07, 6.45) is 5.22. The second-order valence-electron chi connectivity index (χ2n) is 7.89. The van der Waals surface area contributed by atoms with Crippen LogP contribution in [0.15, 0.2) is 72.2 Å². The van der Waals surface area contributed by atoms with Crippen LogP contribution in [0.1, 0.15) is 41.4 Å². The molecular formula is C25H24N4OS. The van der Waals surface area contributed by atoms with Gasteiger partial charge in [-0.05, 0) is 24.8 Å². The normalized spacial score (nSPS) is 15.4. The van der Waals surface area contributed by atoms with E-state index in [2.05, 4.69) is 44.3 Å². The molecule has 4 aromatic rings. The van der Waals surface area contributed by atoms with E-state index in [1.807, 2.05) is 48.0 Å². The van der Waals surface area contributed by atoms with Crippen LogP contribution in [-0.2, 0) is 24.2 Å². The number of aromatic nitrogens is 3. The van der Waals surface area contributed by atoms with Crippen molar-refractivity contribution >= 4 is 17.2 Å². The zero-order valence-corrected chi connectivity index (χ0v) is 18.0. The molecule has 5 nitrogen and oxygen atoms in total. The fraction of sp³-hybridized carbons (Fsp3) is 0.240. The van der Waals surface area contributed by atoms with E-state index in [4.69, 9.17) is 0 Å². The summed E-state index contributed by atoms with van der Waals surface area (Å²) in [6, 6.07) is 20.5. The lowest BCUT2D eigenvalue weighted by atomic mass is 9.92. The first kappa shape index (κ1) is 19.7. The minimum absolute atomic E-state index is 0.0126. The van der Waals surface area contributed by atoms with Crippen molar-refractivity contribution in [1.29, 1.82) is 0 Å². The SMILES string of the molecule is O=C(Cc1csc(-c2ccccc2)n1)NC1CCCc2c1cnn2Cc1ccccc1. The predicted molar refractivity (Wildman–Crippen MR) is 123 cm³/mol. The van der Waals surface area contributed by atoms with E-state index in [1.165, 1.54) is 11.3 Å². The molecule has 0 saturated carbocycles. The molecule has 0 spiro atoms. The Labute approximate surface area is 185 Å². The van der Waals surface area contributed by atoms with Crippen molar-refractivity contribution in [2.75, 3.05) is 0 Å². The number of nitrogens with zero attached hydrogens (tertiary/aromatic N) is 3. The van der Waals surface area contributed by atoms with Crippen molar-refractivity contribution in [3.8, 4) is 10.6 Å². The highest BCUT2D eigenvalue weighted by Crippen LogP contribution is 2.30. The molecule has 0 bridgehead atoms. The molecule has 1 amide bonds. The Bertz CT molecular complexity index is 1170. The van der Waals surface area contributed by atoms with Crippen LogP contribution in [0, 0.1) is 0 Å². The van der Waals surface area contributed by atoms with Gasteiger partial charge >= 0.3 is 0 Å². The van der Waals surface area contributed by atoms with E-state index in [0.29, 0.717) is 6.42 Å². The fourth-order valence-electron chi connectivity index (χ4n) is 4.17. The van der Waals surface area contributed by atoms with Crippen LogP contribution in [0.3, 0.4) is 0 Å². The van der Waals surface area contributed by atoms with Crippen LogP contribution in [0.25, 0.3) is 10.6 Å². The van der Waals surface area contributed by atoms with Crippen LogP contribution in [0.2, 0.25) is 0 Å². The van der Waals surface area contributed by atoms with Gasteiger partial charge in [0.2, 0.25) is 5.91 Å². The summed E-state index contributed by atoms with van der Waals surface area (Å²) in [6.45, 7) is 0.762. The Kier molecular flexibility index (Phi) is 5.63. The van der Waals surface area contributed by atoms with Gasteiger partial charge in [-0.3, -0.25) is 9.48 Å². The highest BCUT2D eigenvalue weighted by Gasteiger charge is 2.26. The van der Waals surface area contributed by atoms with Crippen molar-refractivity contribution in [2.45, 2.75) is 38.3 Å². The molecule has 1 aliphatic carbocycles. The topological polar surface area (TPSA) is 59.8 Å². The number of carbonyl (C=O) groups excluding carboxylic acids is 1. The van der Waals surface area contributed by atoms with E-state index in [1.54, 1.807) is 11.3 Å². The third-order valence-electron chi connectivity index (χ3n) is 5.69. The molecule has 5 rings (SSSR count). The molecular weight excluding hydrogens is 404 g/mol. The molecule has 1 N–H and O–H groups in total. The van der Waals surface area contributed by atoms with Crippen molar-refractivity contribution in [3.63, 3.8) is 0 Å². The quantitative estimate of drug-likeness (QED) is 0.480. The lowest BCUT2D eigenvalue weighted by Crippen LogP contribution is -2.32. The summed E-state index contributed by atoms with van der Waals surface area (Å²) in [5, 5.41) is 10.8. The largest absolute Gasteiger partial charge is 0.349 e. The third kappa shape index (κ3) is 4.44. The smallest absolute Gasteiger partial charge is 0.226 e. The zero-order valence-electron chi connectivity index (χ0n) is 17.2. The van der Waals surface area contributed by atoms with Gasteiger partial charge in [0.1, 0.15) is 5.01 Å². The molecule has 0 radical (unpaired) electrons. The Morgan fingerprint density at radius 1 is 1.10 bits per heavy atom. The molecule has 0 saturated heterocycles. The van der Waals surface area contributed by atoms with Gasteiger partial charge in [-0.15, -0.1) is 11.3 Å². The lowest BCUT2D eigenvalue weighted by Gasteiger charge is -2.24. The van der Waals surface area contributed by atoms with Gasteiger partial charge in [-0.25, -0.2) is 4.98 Å². The molecule has 6 heteroatoms. The van der Waals surface area contributed by atoms with Crippen molar-refractivity contribution in [3.05, 3.63) is 94.8 Å². The number of benzene rings is 2. The maximum Gasteiger partial charge on any atom is 0.226 e. The van der Waals surface area contributed by atoms with Gasteiger partial charge in [0.05, 0.1) is 30.9 Å². The first-order chi connectivity index (χ1) is 15.3. The van der Waals surface area contributed by atoms with Gasteiger partial charge in [0, 0.05) is 22.2 Å². The molecule has 1 aliphatic rings. The molecule has 0 fully saturated rings. The molecule has 31 heavy (non-hydrogen) atoms. The molecule has 1 unspecified atom stereocenters. The van der Waals surface area contributed by atoms with Gasteiger partial charge in [0.25, 0.3) is 0 Å². The van der Waals surface area contributed by atoms with Crippen molar-refractivity contribution < 1.29 is 4.79 Å². The van der Waals surface area contributed by atoms with Gasteiger partial charge in [-0.1, -0.05) is 60.7 Å². The highest BCUT2D eigenvalue weighted by atomic mass is 32.1. The molecule has 2 aromatic carbocycles. The van der Waals surface area contributed by atoms with E-state index in [9.17, 15) is 4.79 Å². The third-order valence-corrected chi connectivity index (χ3v) is 6.63. The van der Waals surface area contributed by atoms with Crippen molar-refractivity contribution in [1.82, 2.24) is 20.1 Å². The first-order valence-corrected chi connectivity index (χ1v) is 11.5. The van der Waals surface area contributed by atoms with Crippen molar-refractivity contribution in [2.24, 2.45) is 0 Å². The van der Waals surface area contributed by atoms with Gasteiger partial charge < -0.3 is 5.32 Å². The maximum absolute atomic E-state index is 12.8. The van der Waals surface area contributed by atoms with E-state index >= 15 is 0 Å². The average molecular weight is 429 g/mol. The highest BCUT2D eigenvalue weighted by molar-refractivity contribution is 7.13. The first-order valence-electron chi connectivity index (χ1n) is 10.6. The van der Waals surface area contributed by atoms with Crippen LogP contribution in [0.4, 0.5) is 0 Å². The number of rotatable bonds is 6. The number of carbonyl (C=O) groups is 1. The van der Waals surface area contributed by atoms with Gasteiger partial charge in [-0.2, -0.15) is 5.10 Å². The molecule has 156 valence electrons. The minimum Gasteiger partial charge on any atom is -0.349 e. The molecule has 1 atom stereocenters. The monoisotopic (exact) mass is 428 g/mol. The van der Waals surface area contributed by atoms with Crippen LogP contribution in [-0.4, -0.2) is 20.7 Å². The van der Waals surface area contributed by atoms with Crippen LogP contribution >= 0.6 is 11.3 Å². The number of nitrogens with one attached hydrogen (secondary N) is 1. The summed E-state index contributed by atoms with van der Waals surface area (Å²) in [4.78, 5) is 17.4. The van der Waals surface area contributed by atoms with Crippen LogP contribution in [0.5, 0.6) is 0 Å². The lowest BCUT2D eigenvalue weighted by molar-refractivity contribution is -0.121. The zero-order chi connectivity index (χ0) is 21.0. The second kappa shape index (κ2) is 8.86. The second-order valence-corrected chi connectivity index (χ2v) is 8.75. The summed E-state index contributed by atoms with van der Waals surface area (Å²) >= 11 is 1.58. The Hall–Kier alpha value is -3.25.